The average molecular weight is 264 g/mol. The predicted molar refractivity (Wildman–Crippen MR) is 65.9 cm³/mol. The lowest BCUT2D eigenvalue weighted by Crippen LogP contribution is -2.30. The highest BCUT2D eigenvalue weighted by Gasteiger charge is 2.13. The number of halogens is 1. The Bertz CT molecular complexity index is 564. The van der Waals surface area contributed by atoms with Gasteiger partial charge in [0.15, 0.2) is 11.5 Å². The molecule has 1 aromatic carbocycles. The summed E-state index contributed by atoms with van der Waals surface area (Å²) in [5.41, 5.74) is 0.739. The van der Waals surface area contributed by atoms with E-state index in [1.54, 1.807) is 6.92 Å². The zero-order chi connectivity index (χ0) is 13.8. The van der Waals surface area contributed by atoms with Crippen LogP contribution in [-0.4, -0.2) is 28.8 Å². The molecule has 5 nitrogen and oxygen atoms in total. The number of amides is 1. The number of carbonyl (C=O) groups is 1. The fraction of sp³-hybridized carbons (Fsp3) is 0.231. The predicted octanol–water partition coefficient (Wildman–Crippen LogP) is 1.59. The second-order valence-corrected chi connectivity index (χ2v) is 4.14. The van der Waals surface area contributed by atoms with Crippen molar-refractivity contribution in [2.24, 2.45) is 0 Å². The van der Waals surface area contributed by atoms with Gasteiger partial charge in [0.05, 0.1) is 6.10 Å². The van der Waals surface area contributed by atoms with Gasteiger partial charge < -0.3 is 14.9 Å². The molecule has 2 N–H and O–H groups in total. The van der Waals surface area contributed by atoms with Gasteiger partial charge in [-0.3, -0.25) is 4.79 Å². The Morgan fingerprint density at radius 1 is 1.47 bits per heavy atom. The first-order chi connectivity index (χ1) is 9.06. The summed E-state index contributed by atoms with van der Waals surface area (Å²) < 4.78 is 17.8. The first kappa shape index (κ1) is 13.2. The molecule has 0 fully saturated rings. The summed E-state index contributed by atoms with van der Waals surface area (Å²) in [6.07, 6.45) is -0.632. The van der Waals surface area contributed by atoms with Crippen LogP contribution in [0.2, 0.25) is 0 Å². The van der Waals surface area contributed by atoms with Crippen LogP contribution in [-0.2, 0) is 0 Å². The van der Waals surface area contributed by atoms with Gasteiger partial charge in [-0.1, -0.05) is 5.16 Å². The van der Waals surface area contributed by atoms with Crippen LogP contribution < -0.4 is 5.32 Å². The number of hydrogen-bond donors (Lipinski definition) is 2. The number of aromatic nitrogens is 1. The topological polar surface area (TPSA) is 75.4 Å². The molecule has 2 aromatic rings. The number of hydrogen-bond acceptors (Lipinski definition) is 4. The zero-order valence-electron chi connectivity index (χ0n) is 10.3. The van der Waals surface area contributed by atoms with Crippen LogP contribution in [0.4, 0.5) is 4.39 Å². The van der Waals surface area contributed by atoms with Crippen molar-refractivity contribution in [3.05, 3.63) is 41.8 Å². The SMILES string of the molecule is CC(O)CNC(=O)c1cc(-c2ccc(F)cc2)on1. The van der Waals surface area contributed by atoms with Crippen LogP contribution in [0.15, 0.2) is 34.9 Å². The molecule has 0 radical (unpaired) electrons. The van der Waals surface area contributed by atoms with Gasteiger partial charge in [0.25, 0.3) is 5.91 Å². The van der Waals surface area contributed by atoms with E-state index in [-0.39, 0.29) is 18.1 Å². The molecule has 2 rings (SSSR count). The van der Waals surface area contributed by atoms with E-state index in [9.17, 15) is 9.18 Å². The van der Waals surface area contributed by atoms with Gasteiger partial charge >= 0.3 is 0 Å². The molecule has 1 unspecified atom stereocenters. The highest BCUT2D eigenvalue weighted by atomic mass is 19.1. The van der Waals surface area contributed by atoms with Crippen molar-refractivity contribution in [1.82, 2.24) is 10.5 Å². The molecule has 1 heterocycles. The summed E-state index contributed by atoms with van der Waals surface area (Å²) in [5.74, 6) is -0.404. The molecule has 0 saturated heterocycles. The van der Waals surface area contributed by atoms with Crippen molar-refractivity contribution < 1.29 is 18.8 Å². The fourth-order valence-electron chi connectivity index (χ4n) is 1.46. The van der Waals surface area contributed by atoms with Gasteiger partial charge in [0, 0.05) is 18.2 Å². The Morgan fingerprint density at radius 3 is 2.79 bits per heavy atom. The van der Waals surface area contributed by atoms with E-state index in [0.717, 1.165) is 0 Å². The molecule has 19 heavy (non-hydrogen) atoms. The van der Waals surface area contributed by atoms with Crippen LogP contribution in [0.25, 0.3) is 11.3 Å². The molecule has 1 aromatic heterocycles. The Labute approximate surface area is 109 Å². The van der Waals surface area contributed by atoms with E-state index in [1.807, 2.05) is 0 Å². The summed E-state index contributed by atoms with van der Waals surface area (Å²) in [6, 6.07) is 7.13. The maximum atomic E-state index is 12.8. The summed E-state index contributed by atoms with van der Waals surface area (Å²) in [6.45, 7) is 1.70. The van der Waals surface area contributed by atoms with Crippen LogP contribution in [0.3, 0.4) is 0 Å². The molecule has 0 saturated carbocycles. The van der Waals surface area contributed by atoms with Gasteiger partial charge in [-0.2, -0.15) is 0 Å². The van der Waals surface area contributed by atoms with E-state index < -0.39 is 12.0 Å². The minimum absolute atomic E-state index is 0.111. The van der Waals surface area contributed by atoms with Gasteiger partial charge in [0.2, 0.25) is 0 Å². The fourth-order valence-corrected chi connectivity index (χ4v) is 1.46. The van der Waals surface area contributed by atoms with Crippen molar-refractivity contribution in [3.63, 3.8) is 0 Å². The molecule has 0 bridgehead atoms. The molecule has 1 atom stereocenters. The van der Waals surface area contributed by atoms with Gasteiger partial charge in [0.1, 0.15) is 5.82 Å². The number of rotatable bonds is 4. The molecule has 0 spiro atoms. The van der Waals surface area contributed by atoms with E-state index >= 15 is 0 Å². The Hall–Kier alpha value is -2.21. The summed E-state index contributed by atoms with van der Waals surface area (Å²) >= 11 is 0. The summed E-state index contributed by atoms with van der Waals surface area (Å²) in [4.78, 5) is 11.6. The van der Waals surface area contributed by atoms with Crippen molar-refractivity contribution in [1.29, 1.82) is 0 Å². The quantitative estimate of drug-likeness (QED) is 0.879. The third-order valence-electron chi connectivity index (χ3n) is 2.43. The van der Waals surface area contributed by atoms with Crippen molar-refractivity contribution in [2.75, 3.05) is 6.54 Å². The maximum Gasteiger partial charge on any atom is 0.273 e. The molecular weight excluding hydrogens is 251 g/mol. The van der Waals surface area contributed by atoms with E-state index in [1.165, 1.54) is 30.3 Å². The lowest BCUT2D eigenvalue weighted by Gasteiger charge is -2.03. The average Bonchev–Trinajstić information content (AvgIpc) is 2.86. The minimum Gasteiger partial charge on any atom is -0.392 e. The number of nitrogens with zero attached hydrogens (tertiary/aromatic N) is 1. The molecule has 0 aliphatic carbocycles. The van der Waals surface area contributed by atoms with Crippen LogP contribution in [0.5, 0.6) is 0 Å². The summed E-state index contributed by atoms with van der Waals surface area (Å²) in [5, 5.41) is 15.2. The number of aliphatic hydroxyl groups is 1. The molecule has 1 amide bonds. The summed E-state index contributed by atoms with van der Waals surface area (Å²) in [7, 11) is 0. The van der Waals surface area contributed by atoms with Gasteiger partial charge in [-0.25, -0.2) is 4.39 Å². The zero-order valence-corrected chi connectivity index (χ0v) is 10.3. The lowest BCUT2D eigenvalue weighted by atomic mass is 10.1. The lowest BCUT2D eigenvalue weighted by molar-refractivity contribution is 0.0915. The monoisotopic (exact) mass is 264 g/mol. The maximum absolute atomic E-state index is 12.8. The van der Waals surface area contributed by atoms with Crippen LogP contribution >= 0.6 is 0 Å². The van der Waals surface area contributed by atoms with Crippen LogP contribution in [0, 0.1) is 5.82 Å². The van der Waals surface area contributed by atoms with Gasteiger partial charge in [-0.15, -0.1) is 0 Å². The second kappa shape index (κ2) is 5.62. The molecule has 6 heteroatoms. The van der Waals surface area contributed by atoms with Crippen molar-refractivity contribution >= 4 is 5.91 Å². The normalized spacial score (nSPS) is 12.2. The molecule has 100 valence electrons. The number of benzene rings is 1. The van der Waals surface area contributed by atoms with E-state index in [2.05, 4.69) is 10.5 Å². The van der Waals surface area contributed by atoms with Crippen LogP contribution in [0.1, 0.15) is 17.4 Å². The number of carbonyl (C=O) groups excluding carboxylic acids is 1. The second-order valence-electron chi connectivity index (χ2n) is 4.14. The third-order valence-corrected chi connectivity index (χ3v) is 2.43. The van der Waals surface area contributed by atoms with E-state index in [0.29, 0.717) is 11.3 Å². The molecular formula is C13H13FN2O3. The highest BCUT2D eigenvalue weighted by Crippen LogP contribution is 2.20. The standard InChI is InChI=1S/C13H13FN2O3/c1-8(17)7-15-13(18)11-6-12(19-16-11)9-2-4-10(14)5-3-9/h2-6,8,17H,7H2,1H3,(H,15,18). The Morgan fingerprint density at radius 2 is 2.16 bits per heavy atom. The first-order valence-corrected chi connectivity index (χ1v) is 5.75. The third kappa shape index (κ3) is 3.38. The molecule has 0 aliphatic heterocycles. The highest BCUT2D eigenvalue weighted by molar-refractivity contribution is 5.93. The largest absolute Gasteiger partial charge is 0.392 e. The number of aliphatic hydroxyl groups excluding tert-OH is 1. The Kier molecular flexibility index (Phi) is 3.91. The first-order valence-electron chi connectivity index (χ1n) is 5.75. The molecule has 0 aliphatic rings. The van der Waals surface area contributed by atoms with Gasteiger partial charge in [-0.05, 0) is 31.2 Å². The minimum atomic E-state index is -0.632. The smallest absolute Gasteiger partial charge is 0.273 e. The Balaban J connectivity index is 2.10. The van der Waals surface area contributed by atoms with Crippen molar-refractivity contribution in [3.8, 4) is 11.3 Å². The number of nitrogens with one attached hydrogen (secondary N) is 1. The van der Waals surface area contributed by atoms with Crippen molar-refractivity contribution in [2.45, 2.75) is 13.0 Å². The van der Waals surface area contributed by atoms with E-state index in [4.69, 9.17) is 9.63 Å².